The van der Waals surface area contributed by atoms with Gasteiger partial charge in [0.1, 0.15) is 0 Å². The van der Waals surface area contributed by atoms with Gasteiger partial charge in [0.05, 0.1) is 4.88 Å². The molecule has 2 rings (SSSR count). The van der Waals surface area contributed by atoms with E-state index in [9.17, 15) is 18.4 Å². The first kappa shape index (κ1) is 19.2. The molecule has 1 heterocycles. The fourth-order valence-electron chi connectivity index (χ4n) is 3.20. The summed E-state index contributed by atoms with van der Waals surface area (Å²) in [5.74, 6) is -6.46. The Morgan fingerprint density at radius 2 is 1.42 bits per heavy atom. The molecule has 1 aliphatic rings. The van der Waals surface area contributed by atoms with Crippen LogP contribution in [-0.4, -0.2) is 17.5 Å². The zero-order valence-corrected chi connectivity index (χ0v) is 15.2. The van der Waals surface area contributed by atoms with Crippen molar-refractivity contribution in [1.82, 2.24) is 0 Å². The maximum atomic E-state index is 13.5. The van der Waals surface area contributed by atoms with Gasteiger partial charge in [0.2, 0.25) is 5.78 Å². The molecule has 134 valence electrons. The second kappa shape index (κ2) is 8.84. The Balaban J connectivity index is 1.66. The third kappa shape index (κ3) is 4.29. The first-order valence-corrected chi connectivity index (χ1v) is 9.96. The largest absolute Gasteiger partial charge is 0.372 e. The lowest BCUT2D eigenvalue weighted by atomic mass is 10.0. The van der Waals surface area contributed by atoms with Gasteiger partial charge in [0.25, 0.3) is 5.78 Å². The van der Waals surface area contributed by atoms with Gasteiger partial charge in [-0.2, -0.15) is 8.78 Å². The first-order valence-electron chi connectivity index (χ1n) is 9.08. The van der Waals surface area contributed by atoms with Gasteiger partial charge in [-0.05, 0) is 23.8 Å². The monoisotopic (exact) mass is 356 g/mol. The lowest BCUT2D eigenvalue weighted by Gasteiger charge is -2.05. The molecule has 0 amide bonds. The van der Waals surface area contributed by atoms with Crippen LogP contribution in [0.25, 0.3) is 0 Å². The second-order valence-electron chi connectivity index (χ2n) is 6.63. The number of Topliss-reactive ketones (excluding diaryl/α,β-unsaturated/α-hetero) is 2. The smallest absolute Gasteiger partial charge is 0.287 e. The summed E-state index contributed by atoms with van der Waals surface area (Å²) >= 11 is 0.984. The van der Waals surface area contributed by atoms with E-state index in [4.69, 9.17) is 0 Å². The Morgan fingerprint density at radius 1 is 0.875 bits per heavy atom. The summed E-state index contributed by atoms with van der Waals surface area (Å²) in [7, 11) is 0. The molecule has 1 aliphatic carbocycles. The van der Waals surface area contributed by atoms with Crippen LogP contribution in [-0.2, 0) is 6.42 Å². The van der Waals surface area contributed by atoms with E-state index in [1.165, 1.54) is 44.9 Å². The van der Waals surface area contributed by atoms with E-state index in [2.05, 4.69) is 6.92 Å². The van der Waals surface area contributed by atoms with Crippen LogP contribution < -0.4 is 0 Å². The number of alkyl halides is 2. The number of carbonyl (C=O) groups is 2. The maximum Gasteiger partial charge on any atom is 0.372 e. The van der Waals surface area contributed by atoms with E-state index in [0.717, 1.165) is 30.6 Å². The standard InChI is InChI=1S/C19H26F2O2S/c1-2-3-4-5-6-7-8-9-10-11-12-14-13-24-16-15(14)17(22)19(20,21)18(16)23/h13H,2-12H2,1H3. The van der Waals surface area contributed by atoms with Crippen LogP contribution in [0.2, 0.25) is 0 Å². The average molecular weight is 356 g/mol. The molecule has 0 spiro atoms. The number of halogens is 2. The van der Waals surface area contributed by atoms with Crippen LogP contribution in [0.3, 0.4) is 0 Å². The summed E-state index contributed by atoms with van der Waals surface area (Å²) in [4.78, 5) is 23.2. The van der Waals surface area contributed by atoms with Crippen molar-refractivity contribution in [2.75, 3.05) is 0 Å². The van der Waals surface area contributed by atoms with Crippen LogP contribution in [0, 0.1) is 0 Å². The predicted molar refractivity (Wildman–Crippen MR) is 93.5 cm³/mol. The number of hydrogen-bond donors (Lipinski definition) is 0. The molecule has 0 aromatic carbocycles. The molecule has 0 bridgehead atoms. The van der Waals surface area contributed by atoms with Gasteiger partial charge in [0, 0.05) is 5.56 Å². The Hall–Kier alpha value is -1.10. The van der Waals surface area contributed by atoms with Gasteiger partial charge in [-0.25, -0.2) is 0 Å². The van der Waals surface area contributed by atoms with Gasteiger partial charge in [-0.1, -0.05) is 64.7 Å². The number of hydrogen-bond acceptors (Lipinski definition) is 3. The molecule has 0 aliphatic heterocycles. The molecule has 0 fully saturated rings. The van der Waals surface area contributed by atoms with E-state index in [0.29, 0.717) is 12.0 Å². The first-order chi connectivity index (χ1) is 11.5. The quantitative estimate of drug-likeness (QED) is 0.348. The number of fused-ring (bicyclic) bond motifs is 1. The highest BCUT2D eigenvalue weighted by atomic mass is 32.1. The van der Waals surface area contributed by atoms with Gasteiger partial charge in [-0.15, -0.1) is 11.3 Å². The molecule has 0 radical (unpaired) electrons. The highest BCUT2D eigenvalue weighted by molar-refractivity contribution is 7.13. The third-order valence-electron chi connectivity index (χ3n) is 4.67. The highest BCUT2D eigenvalue weighted by Crippen LogP contribution is 2.40. The number of aryl methyl sites for hydroxylation is 1. The molecular formula is C19H26F2O2S. The van der Waals surface area contributed by atoms with Crippen LogP contribution in [0.15, 0.2) is 5.38 Å². The Kier molecular flexibility index (Phi) is 7.08. The molecule has 5 heteroatoms. The van der Waals surface area contributed by atoms with Crippen molar-refractivity contribution in [3.8, 4) is 0 Å². The van der Waals surface area contributed by atoms with Crippen LogP contribution >= 0.6 is 11.3 Å². The van der Waals surface area contributed by atoms with Crippen LogP contribution in [0.4, 0.5) is 8.78 Å². The normalized spacial score (nSPS) is 16.0. The zero-order valence-electron chi connectivity index (χ0n) is 14.3. The second-order valence-corrected chi connectivity index (χ2v) is 7.51. The summed E-state index contributed by atoms with van der Waals surface area (Å²) in [6.45, 7) is 2.22. The van der Waals surface area contributed by atoms with Crippen molar-refractivity contribution >= 4 is 22.9 Å². The minimum absolute atomic E-state index is 0.00840. The van der Waals surface area contributed by atoms with Crippen molar-refractivity contribution < 1.29 is 18.4 Å². The lowest BCUT2D eigenvalue weighted by Crippen LogP contribution is -2.30. The predicted octanol–water partition coefficient (Wildman–Crippen LogP) is 6.23. The minimum atomic E-state index is -3.84. The third-order valence-corrected chi connectivity index (χ3v) is 5.70. The van der Waals surface area contributed by atoms with Crippen LogP contribution in [0.1, 0.15) is 96.7 Å². The molecule has 24 heavy (non-hydrogen) atoms. The van der Waals surface area contributed by atoms with Crippen molar-refractivity contribution in [2.24, 2.45) is 0 Å². The molecule has 0 atom stereocenters. The van der Waals surface area contributed by atoms with Crippen molar-refractivity contribution in [3.05, 3.63) is 21.4 Å². The fraction of sp³-hybridized carbons (Fsp3) is 0.684. The Bertz CT molecular complexity index is 578. The molecule has 0 saturated carbocycles. The molecule has 0 unspecified atom stereocenters. The minimum Gasteiger partial charge on any atom is -0.287 e. The fourth-order valence-corrected chi connectivity index (χ4v) is 4.27. The van der Waals surface area contributed by atoms with E-state index in [1.807, 2.05) is 0 Å². The summed E-state index contributed by atoms with van der Waals surface area (Å²) in [6.07, 6.45) is 12.7. The van der Waals surface area contributed by atoms with Gasteiger partial charge >= 0.3 is 5.92 Å². The number of thiophene rings is 1. The van der Waals surface area contributed by atoms with E-state index < -0.39 is 17.5 Å². The summed E-state index contributed by atoms with van der Waals surface area (Å²) in [6, 6.07) is 0. The molecule has 0 saturated heterocycles. The van der Waals surface area contributed by atoms with Crippen LogP contribution in [0.5, 0.6) is 0 Å². The van der Waals surface area contributed by atoms with Crippen molar-refractivity contribution in [1.29, 1.82) is 0 Å². The topological polar surface area (TPSA) is 34.1 Å². The maximum absolute atomic E-state index is 13.5. The summed E-state index contributed by atoms with van der Waals surface area (Å²) < 4.78 is 27.0. The number of carbonyl (C=O) groups excluding carboxylic acids is 2. The molecular weight excluding hydrogens is 330 g/mol. The van der Waals surface area contributed by atoms with E-state index in [-0.39, 0.29) is 10.4 Å². The molecule has 1 aromatic rings. The van der Waals surface area contributed by atoms with Gasteiger partial charge < -0.3 is 0 Å². The summed E-state index contributed by atoms with van der Waals surface area (Å²) in [5.41, 5.74) is 0.621. The molecule has 1 aromatic heterocycles. The average Bonchev–Trinajstić information content (AvgIpc) is 3.04. The Labute approximate surface area is 146 Å². The molecule has 0 N–H and O–H groups in total. The molecule has 2 nitrogen and oxygen atoms in total. The SMILES string of the molecule is CCCCCCCCCCCCc1csc2c1C(=O)C(F)(F)C2=O. The Morgan fingerprint density at radius 3 is 2.00 bits per heavy atom. The number of rotatable bonds is 11. The lowest BCUT2D eigenvalue weighted by molar-refractivity contribution is 0.0190. The number of ketones is 2. The van der Waals surface area contributed by atoms with Gasteiger partial charge in [0.15, 0.2) is 0 Å². The zero-order chi connectivity index (χ0) is 17.6. The van der Waals surface area contributed by atoms with E-state index >= 15 is 0 Å². The van der Waals surface area contributed by atoms with E-state index in [1.54, 1.807) is 5.38 Å². The summed E-state index contributed by atoms with van der Waals surface area (Å²) in [5, 5.41) is 1.70. The number of unbranched alkanes of at least 4 members (excludes halogenated alkanes) is 9. The van der Waals surface area contributed by atoms with Gasteiger partial charge in [-0.3, -0.25) is 9.59 Å². The highest BCUT2D eigenvalue weighted by Gasteiger charge is 2.56. The van der Waals surface area contributed by atoms with Crippen molar-refractivity contribution in [2.45, 2.75) is 83.5 Å². The van der Waals surface area contributed by atoms with Crippen molar-refractivity contribution in [3.63, 3.8) is 0 Å².